The molecular formula is C21H17ClN2O3. The van der Waals surface area contributed by atoms with Gasteiger partial charge in [0.1, 0.15) is 0 Å². The Bertz CT molecular complexity index is 990. The Kier molecular flexibility index (Phi) is 5.52. The summed E-state index contributed by atoms with van der Waals surface area (Å²) in [5.74, 6) is -0.471. The predicted octanol–water partition coefficient (Wildman–Crippen LogP) is 5.08. The van der Waals surface area contributed by atoms with Crippen LogP contribution in [0.25, 0.3) is 0 Å². The summed E-state index contributed by atoms with van der Waals surface area (Å²) in [6.45, 7) is 1.97. The van der Waals surface area contributed by atoms with Crippen LogP contribution in [-0.4, -0.2) is 10.8 Å². The number of aryl methyl sites for hydroxylation is 1. The Labute approximate surface area is 161 Å². The number of hydrogen-bond donors (Lipinski definition) is 1. The summed E-state index contributed by atoms with van der Waals surface area (Å²) in [6, 6.07) is 20.7. The Morgan fingerprint density at radius 2 is 1.70 bits per heavy atom. The minimum absolute atomic E-state index is 0.0698. The Morgan fingerprint density at radius 1 is 1.04 bits per heavy atom. The van der Waals surface area contributed by atoms with E-state index in [0.29, 0.717) is 0 Å². The molecule has 3 rings (SSSR count). The van der Waals surface area contributed by atoms with Crippen molar-refractivity contribution in [2.75, 3.05) is 0 Å². The first-order valence-electron chi connectivity index (χ1n) is 8.32. The van der Waals surface area contributed by atoms with Gasteiger partial charge in [0.15, 0.2) is 0 Å². The van der Waals surface area contributed by atoms with Crippen LogP contribution >= 0.6 is 11.6 Å². The quantitative estimate of drug-likeness (QED) is 0.495. The van der Waals surface area contributed by atoms with Gasteiger partial charge in [0.2, 0.25) is 0 Å². The summed E-state index contributed by atoms with van der Waals surface area (Å²) in [6.07, 6.45) is 0. The number of nitrogens with one attached hydrogen (secondary N) is 1. The van der Waals surface area contributed by atoms with Crippen LogP contribution in [0.5, 0.6) is 0 Å². The van der Waals surface area contributed by atoms with Crippen LogP contribution in [0.15, 0.2) is 72.8 Å². The summed E-state index contributed by atoms with van der Waals surface area (Å²) in [4.78, 5) is 23.4. The summed E-state index contributed by atoms with van der Waals surface area (Å²) in [7, 11) is 0. The van der Waals surface area contributed by atoms with Gasteiger partial charge in [0.05, 0.1) is 21.6 Å². The molecule has 6 heteroatoms. The minimum atomic E-state index is -0.552. The average Bonchev–Trinajstić information content (AvgIpc) is 2.67. The third-order valence-corrected chi connectivity index (χ3v) is 4.64. The molecule has 3 aromatic rings. The fourth-order valence-electron chi connectivity index (χ4n) is 2.91. The van der Waals surface area contributed by atoms with Gasteiger partial charge in [-0.2, -0.15) is 0 Å². The monoisotopic (exact) mass is 380 g/mol. The zero-order chi connectivity index (χ0) is 19.4. The van der Waals surface area contributed by atoms with Crippen LogP contribution in [0.3, 0.4) is 0 Å². The van der Waals surface area contributed by atoms with E-state index >= 15 is 0 Å². The molecule has 0 heterocycles. The lowest BCUT2D eigenvalue weighted by atomic mass is 9.94. The summed E-state index contributed by atoms with van der Waals surface area (Å²) < 4.78 is 0. The van der Waals surface area contributed by atoms with Gasteiger partial charge in [-0.15, -0.1) is 0 Å². The van der Waals surface area contributed by atoms with Crippen molar-refractivity contribution >= 4 is 23.2 Å². The van der Waals surface area contributed by atoms with Crippen LogP contribution in [0.2, 0.25) is 5.02 Å². The van der Waals surface area contributed by atoms with Crippen molar-refractivity contribution in [1.29, 1.82) is 0 Å². The number of hydrogen-bond acceptors (Lipinski definition) is 3. The molecule has 27 heavy (non-hydrogen) atoms. The van der Waals surface area contributed by atoms with Gasteiger partial charge >= 0.3 is 0 Å². The Hall–Kier alpha value is -3.18. The van der Waals surface area contributed by atoms with Gasteiger partial charge in [-0.1, -0.05) is 66.2 Å². The number of halogens is 1. The Balaban J connectivity index is 2.00. The third-order valence-electron chi connectivity index (χ3n) is 4.31. The van der Waals surface area contributed by atoms with E-state index in [4.69, 9.17) is 11.6 Å². The highest BCUT2D eigenvalue weighted by Gasteiger charge is 2.22. The minimum Gasteiger partial charge on any atom is -0.341 e. The number of rotatable bonds is 5. The maximum absolute atomic E-state index is 12.9. The molecular weight excluding hydrogens is 364 g/mol. The molecule has 0 unspecified atom stereocenters. The molecule has 0 saturated carbocycles. The summed E-state index contributed by atoms with van der Waals surface area (Å²) >= 11 is 6.12. The van der Waals surface area contributed by atoms with Gasteiger partial charge in [-0.3, -0.25) is 14.9 Å². The van der Waals surface area contributed by atoms with Gasteiger partial charge in [0, 0.05) is 12.1 Å². The lowest BCUT2D eigenvalue weighted by Gasteiger charge is -2.22. The van der Waals surface area contributed by atoms with Crippen molar-refractivity contribution in [2.45, 2.75) is 13.0 Å². The lowest BCUT2D eigenvalue weighted by molar-refractivity contribution is -0.384. The molecule has 0 aliphatic carbocycles. The smallest absolute Gasteiger partial charge is 0.270 e. The van der Waals surface area contributed by atoms with Crippen LogP contribution in [0.4, 0.5) is 5.69 Å². The maximum atomic E-state index is 12.9. The highest BCUT2D eigenvalue weighted by Crippen LogP contribution is 2.27. The second kappa shape index (κ2) is 8.01. The fourth-order valence-corrected chi connectivity index (χ4v) is 3.11. The predicted molar refractivity (Wildman–Crippen MR) is 105 cm³/mol. The number of carbonyl (C=O) groups is 1. The van der Waals surface area contributed by atoms with Crippen molar-refractivity contribution in [3.05, 3.63) is 110 Å². The zero-order valence-electron chi connectivity index (χ0n) is 14.6. The van der Waals surface area contributed by atoms with E-state index < -0.39 is 16.9 Å². The molecule has 1 atom stereocenters. The standard InChI is InChI=1S/C21H17ClN2O3/c1-14-7-5-6-10-17(14)20(15-8-3-2-4-9-15)23-21(25)18-13-16(24(26)27)11-12-19(18)22/h2-13,20H,1H3,(H,23,25)/t20-/m1/s1. The first-order valence-corrected chi connectivity index (χ1v) is 8.70. The molecule has 0 bridgehead atoms. The Morgan fingerprint density at radius 3 is 2.37 bits per heavy atom. The third kappa shape index (κ3) is 4.15. The number of carbonyl (C=O) groups excluding carboxylic acids is 1. The SMILES string of the molecule is Cc1ccccc1[C@H](NC(=O)c1cc([N+](=O)[O-])ccc1Cl)c1ccccc1. The second-order valence-corrected chi connectivity index (χ2v) is 6.50. The summed E-state index contributed by atoms with van der Waals surface area (Å²) in [5, 5.41) is 14.2. The number of nitrogens with zero attached hydrogens (tertiary/aromatic N) is 1. The highest BCUT2D eigenvalue weighted by molar-refractivity contribution is 6.34. The number of non-ortho nitro benzene ring substituents is 1. The topological polar surface area (TPSA) is 72.2 Å². The van der Waals surface area contributed by atoms with E-state index in [0.717, 1.165) is 16.7 Å². The van der Waals surface area contributed by atoms with Gasteiger partial charge < -0.3 is 5.32 Å². The molecule has 1 amide bonds. The first-order chi connectivity index (χ1) is 13.0. The van der Waals surface area contributed by atoms with Gasteiger partial charge in [-0.05, 0) is 29.7 Å². The molecule has 0 aromatic heterocycles. The lowest BCUT2D eigenvalue weighted by Crippen LogP contribution is -2.30. The van der Waals surface area contributed by atoms with E-state index in [9.17, 15) is 14.9 Å². The van der Waals surface area contributed by atoms with Crippen molar-refractivity contribution < 1.29 is 9.72 Å². The van der Waals surface area contributed by atoms with Crippen molar-refractivity contribution in [2.24, 2.45) is 0 Å². The normalized spacial score (nSPS) is 11.6. The number of amides is 1. The molecule has 136 valence electrons. The molecule has 0 spiro atoms. The van der Waals surface area contributed by atoms with E-state index in [1.54, 1.807) is 0 Å². The van der Waals surface area contributed by atoms with E-state index in [-0.39, 0.29) is 16.3 Å². The van der Waals surface area contributed by atoms with Crippen LogP contribution in [0, 0.1) is 17.0 Å². The molecule has 0 aliphatic rings. The van der Waals surface area contributed by atoms with E-state index in [1.165, 1.54) is 18.2 Å². The van der Waals surface area contributed by atoms with Crippen LogP contribution in [0.1, 0.15) is 33.1 Å². The molecule has 5 nitrogen and oxygen atoms in total. The molecule has 0 fully saturated rings. The van der Waals surface area contributed by atoms with Crippen molar-refractivity contribution in [3.8, 4) is 0 Å². The van der Waals surface area contributed by atoms with Gasteiger partial charge in [-0.25, -0.2) is 0 Å². The van der Waals surface area contributed by atoms with E-state index in [1.807, 2.05) is 61.5 Å². The second-order valence-electron chi connectivity index (χ2n) is 6.10. The highest BCUT2D eigenvalue weighted by atomic mass is 35.5. The van der Waals surface area contributed by atoms with Gasteiger partial charge in [0.25, 0.3) is 11.6 Å². The van der Waals surface area contributed by atoms with Crippen LogP contribution in [-0.2, 0) is 0 Å². The first kappa shape index (κ1) is 18.6. The maximum Gasteiger partial charge on any atom is 0.270 e. The number of nitro groups is 1. The van der Waals surface area contributed by atoms with E-state index in [2.05, 4.69) is 5.32 Å². The average molecular weight is 381 g/mol. The zero-order valence-corrected chi connectivity index (χ0v) is 15.3. The number of nitro benzene ring substituents is 1. The molecule has 1 N–H and O–H groups in total. The number of benzene rings is 3. The fraction of sp³-hybridized carbons (Fsp3) is 0.0952. The molecule has 0 saturated heterocycles. The largest absolute Gasteiger partial charge is 0.341 e. The molecule has 0 aliphatic heterocycles. The molecule has 3 aromatic carbocycles. The molecule has 0 radical (unpaired) electrons. The summed E-state index contributed by atoms with van der Waals surface area (Å²) in [5.41, 5.74) is 2.76. The van der Waals surface area contributed by atoms with Crippen LogP contribution < -0.4 is 5.32 Å². The van der Waals surface area contributed by atoms with Crippen molar-refractivity contribution in [1.82, 2.24) is 5.32 Å². The van der Waals surface area contributed by atoms with Crippen molar-refractivity contribution in [3.63, 3.8) is 0 Å².